The topological polar surface area (TPSA) is 57.2 Å². The maximum absolute atomic E-state index is 9.40. The molecule has 1 aromatic carbocycles. The molecule has 1 aromatic rings. The van der Waals surface area contributed by atoms with E-state index in [0.29, 0.717) is 12.8 Å². The fourth-order valence-electron chi connectivity index (χ4n) is 3.24. The van der Waals surface area contributed by atoms with Crippen LogP contribution in [0.5, 0.6) is 11.5 Å². The van der Waals surface area contributed by atoms with E-state index in [4.69, 9.17) is 18.9 Å². The first-order valence-electron chi connectivity index (χ1n) is 6.80. The first-order valence-corrected chi connectivity index (χ1v) is 6.80. The molecule has 5 nitrogen and oxygen atoms in total. The lowest BCUT2D eigenvalue weighted by Crippen LogP contribution is -2.49. The molecule has 3 rings (SSSR count). The van der Waals surface area contributed by atoms with Gasteiger partial charge in [-0.05, 0) is 19.1 Å². The predicted molar refractivity (Wildman–Crippen MR) is 72.1 cm³/mol. The molecular formula is C15H20O5. The van der Waals surface area contributed by atoms with E-state index in [0.717, 1.165) is 22.6 Å². The van der Waals surface area contributed by atoms with Crippen molar-refractivity contribution in [2.24, 2.45) is 0 Å². The van der Waals surface area contributed by atoms with E-state index >= 15 is 0 Å². The Hall–Kier alpha value is -1.30. The van der Waals surface area contributed by atoms with Gasteiger partial charge in [-0.25, -0.2) is 0 Å². The van der Waals surface area contributed by atoms with Crippen molar-refractivity contribution >= 4 is 0 Å². The Balaban J connectivity index is 2.11. The molecule has 1 fully saturated rings. The molecule has 0 aromatic heterocycles. The van der Waals surface area contributed by atoms with E-state index in [-0.39, 0.29) is 18.8 Å². The summed E-state index contributed by atoms with van der Waals surface area (Å²) in [5.74, 6) is 0.904. The maximum atomic E-state index is 9.40. The van der Waals surface area contributed by atoms with Crippen molar-refractivity contribution in [2.75, 3.05) is 20.8 Å². The third kappa shape index (κ3) is 2.06. The smallest absolute Gasteiger partial charge is 0.170 e. The number of hydrogen-bond donors (Lipinski definition) is 1. The van der Waals surface area contributed by atoms with Gasteiger partial charge in [0.15, 0.2) is 5.79 Å². The number of hydrogen-bond acceptors (Lipinski definition) is 5. The molecule has 0 amide bonds. The summed E-state index contributed by atoms with van der Waals surface area (Å²) in [5, 5.41) is 9.40. The number of methoxy groups -OCH3 is 2. The second-order valence-electron chi connectivity index (χ2n) is 5.44. The largest absolute Gasteiger partial charge is 0.496 e. The van der Waals surface area contributed by atoms with Crippen LogP contribution in [-0.4, -0.2) is 37.8 Å². The molecule has 0 unspecified atom stereocenters. The summed E-state index contributed by atoms with van der Waals surface area (Å²) in [4.78, 5) is 0. The Morgan fingerprint density at radius 3 is 2.60 bits per heavy atom. The molecule has 20 heavy (non-hydrogen) atoms. The third-order valence-corrected chi connectivity index (χ3v) is 4.02. The Kier molecular flexibility index (Phi) is 3.36. The summed E-state index contributed by atoms with van der Waals surface area (Å²) in [6.07, 6.45) is 0.848. The average molecular weight is 280 g/mol. The standard InChI is InChI=1S/C15H20O5/c1-15-7-10-11(17-2)4-5-12(18-3)14(10)13(20-15)6-9(8-16)19-15/h4-5,9,13,16H,6-8H2,1-3H3/t9-,13-,15-/m1/s1. The monoisotopic (exact) mass is 280 g/mol. The van der Waals surface area contributed by atoms with Crippen molar-refractivity contribution in [3.05, 3.63) is 23.3 Å². The molecule has 0 aliphatic carbocycles. The van der Waals surface area contributed by atoms with Gasteiger partial charge in [0, 0.05) is 24.0 Å². The summed E-state index contributed by atoms with van der Waals surface area (Å²) < 4.78 is 22.8. The van der Waals surface area contributed by atoms with E-state index in [1.807, 2.05) is 19.1 Å². The Morgan fingerprint density at radius 2 is 1.95 bits per heavy atom. The molecule has 1 saturated heterocycles. The minimum absolute atomic E-state index is 0.00291. The van der Waals surface area contributed by atoms with Crippen molar-refractivity contribution in [2.45, 2.75) is 37.8 Å². The van der Waals surface area contributed by atoms with Gasteiger partial charge in [0.25, 0.3) is 0 Å². The minimum atomic E-state index is -0.719. The number of aliphatic hydroxyl groups is 1. The maximum Gasteiger partial charge on any atom is 0.170 e. The zero-order valence-electron chi connectivity index (χ0n) is 12.0. The van der Waals surface area contributed by atoms with Crippen LogP contribution in [0.15, 0.2) is 12.1 Å². The SMILES string of the molecule is COc1ccc(OC)c2c1C[C@]1(C)O[C@@H](CO)C[C@H]2O1. The molecule has 0 saturated carbocycles. The summed E-state index contributed by atoms with van der Waals surface area (Å²) >= 11 is 0. The summed E-state index contributed by atoms with van der Waals surface area (Å²) in [7, 11) is 3.31. The number of fused-ring (bicyclic) bond motifs is 4. The molecule has 5 heteroatoms. The van der Waals surface area contributed by atoms with Gasteiger partial charge in [-0.2, -0.15) is 0 Å². The lowest BCUT2D eigenvalue weighted by atomic mass is 9.87. The van der Waals surface area contributed by atoms with Crippen molar-refractivity contribution in [1.29, 1.82) is 0 Å². The second kappa shape index (κ2) is 4.91. The Morgan fingerprint density at radius 1 is 1.25 bits per heavy atom. The van der Waals surface area contributed by atoms with E-state index in [1.54, 1.807) is 14.2 Å². The Bertz CT molecular complexity index is 515. The zero-order valence-corrected chi connectivity index (χ0v) is 12.0. The average Bonchev–Trinajstić information content (AvgIpc) is 2.44. The lowest BCUT2D eigenvalue weighted by Gasteiger charge is -2.47. The molecule has 0 spiro atoms. The van der Waals surface area contributed by atoms with Crippen LogP contribution in [0.4, 0.5) is 0 Å². The van der Waals surface area contributed by atoms with Gasteiger partial charge in [-0.15, -0.1) is 0 Å². The number of rotatable bonds is 3. The molecule has 2 bridgehead atoms. The highest BCUT2D eigenvalue weighted by molar-refractivity contribution is 5.52. The normalized spacial score (nSPS) is 31.6. The van der Waals surface area contributed by atoms with Crippen molar-refractivity contribution in [1.82, 2.24) is 0 Å². The van der Waals surface area contributed by atoms with Gasteiger partial charge in [0.05, 0.1) is 33.0 Å². The highest BCUT2D eigenvalue weighted by Crippen LogP contribution is 2.49. The minimum Gasteiger partial charge on any atom is -0.496 e. The molecule has 0 radical (unpaired) electrons. The van der Waals surface area contributed by atoms with Crippen LogP contribution in [0.2, 0.25) is 0 Å². The summed E-state index contributed by atoms with van der Waals surface area (Å²) in [5.41, 5.74) is 2.09. The third-order valence-electron chi connectivity index (χ3n) is 4.02. The quantitative estimate of drug-likeness (QED) is 0.915. The summed E-state index contributed by atoms with van der Waals surface area (Å²) in [6.45, 7) is 1.90. The van der Waals surface area contributed by atoms with Gasteiger partial charge < -0.3 is 24.1 Å². The van der Waals surface area contributed by atoms with Crippen molar-refractivity contribution < 1.29 is 24.1 Å². The lowest BCUT2D eigenvalue weighted by molar-refractivity contribution is -0.321. The van der Waals surface area contributed by atoms with Crippen LogP contribution in [0.3, 0.4) is 0 Å². The van der Waals surface area contributed by atoms with Crippen LogP contribution in [-0.2, 0) is 15.9 Å². The fourth-order valence-corrected chi connectivity index (χ4v) is 3.24. The first-order chi connectivity index (χ1) is 9.60. The molecule has 110 valence electrons. The van der Waals surface area contributed by atoms with Gasteiger partial charge in [-0.1, -0.05) is 0 Å². The van der Waals surface area contributed by atoms with E-state index < -0.39 is 5.79 Å². The predicted octanol–water partition coefficient (Wildman–Crippen LogP) is 1.81. The van der Waals surface area contributed by atoms with Crippen molar-refractivity contribution in [3.63, 3.8) is 0 Å². The number of ether oxygens (including phenoxy) is 4. The molecule has 2 heterocycles. The van der Waals surface area contributed by atoms with Gasteiger partial charge >= 0.3 is 0 Å². The number of benzene rings is 1. The van der Waals surface area contributed by atoms with E-state index in [1.165, 1.54) is 0 Å². The van der Waals surface area contributed by atoms with Crippen LogP contribution < -0.4 is 9.47 Å². The van der Waals surface area contributed by atoms with Crippen molar-refractivity contribution in [3.8, 4) is 11.5 Å². The molecule has 3 atom stereocenters. The van der Waals surface area contributed by atoms with E-state index in [9.17, 15) is 5.11 Å². The molecular weight excluding hydrogens is 260 g/mol. The Labute approximate surface area is 118 Å². The van der Waals surface area contributed by atoms with Crippen LogP contribution in [0, 0.1) is 0 Å². The van der Waals surface area contributed by atoms with Gasteiger partial charge in [-0.3, -0.25) is 0 Å². The number of aliphatic hydroxyl groups excluding tert-OH is 1. The highest BCUT2D eigenvalue weighted by Gasteiger charge is 2.46. The molecule has 1 N–H and O–H groups in total. The van der Waals surface area contributed by atoms with Gasteiger partial charge in [0.2, 0.25) is 0 Å². The second-order valence-corrected chi connectivity index (χ2v) is 5.44. The first kappa shape index (κ1) is 13.7. The van der Waals surface area contributed by atoms with E-state index in [2.05, 4.69) is 0 Å². The van der Waals surface area contributed by atoms with Crippen LogP contribution in [0.25, 0.3) is 0 Å². The summed E-state index contributed by atoms with van der Waals surface area (Å²) in [6, 6.07) is 3.80. The fraction of sp³-hybridized carbons (Fsp3) is 0.600. The highest BCUT2D eigenvalue weighted by atomic mass is 16.7. The van der Waals surface area contributed by atoms with Crippen LogP contribution in [0.1, 0.15) is 30.6 Å². The zero-order chi connectivity index (χ0) is 14.3. The van der Waals surface area contributed by atoms with Crippen LogP contribution >= 0.6 is 0 Å². The molecule has 2 aliphatic heterocycles. The molecule has 2 aliphatic rings. The van der Waals surface area contributed by atoms with Gasteiger partial charge in [0.1, 0.15) is 11.5 Å².